The fourth-order valence-electron chi connectivity index (χ4n) is 4.01. The van der Waals surface area contributed by atoms with E-state index in [-0.39, 0.29) is 12.1 Å². The third-order valence-electron chi connectivity index (χ3n) is 5.68. The van der Waals surface area contributed by atoms with Crippen LogP contribution in [0.25, 0.3) is 0 Å². The standard InChI is InChI=1S/C21H34N4O/c1-18-9-13-24(14-10-18)15-11-22-21(26)23-20-8-5-12-25(17-20)16-19-6-3-2-4-7-19/h2-4,6-7,18,20H,5,8-17H2,1H3,(H2,22,23,26). The topological polar surface area (TPSA) is 47.6 Å². The summed E-state index contributed by atoms with van der Waals surface area (Å²) in [6.07, 6.45) is 4.78. The summed E-state index contributed by atoms with van der Waals surface area (Å²) in [5.74, 6) is 0.854. The van der Waals surface area contributed by atoms with E-state index in [1.165, 1.54) is 31.5 Å². The molecule has 1 aromatic rings. The van der Waals surface area contributed by atoms with Crippen LogP contribution in [0.4, 0.5) is 4.79 Å². The first-order valence-electron chi connectivity index (χ1n) is 10.2. The first-order chi connectivity index (χ1) is 12.7. The number of nitrogens with one attached hydrogen (secondary N) is 2. The van der Waals surface area contributed by atoms with Gasteiger partial charge < -0.3 is 15.5 Å². The van der Waals surface area contributed by atoms with E-state index >= 15 is 0 Å². The molecule has 0 saturated carbocycles. The molecular formula is C21H34N4O. The summed E-state index contributed by atoms with van der Waals surface area (Å²) < 4.78 is 0. The van der Waals surface area contributed by atoms with Crippen molar-refractivity contribution in [2.75, 3.05) is 39.3 Å². The Bertz CT molecular complexity index is 542. The fraction of sp³-hybridized carbons (Fsp3) is 0.667. The van der Waals surface area contributed by atoms with E-state index in [9.17, 15) is 4.79 Å². The number of piperidine rings is 2. The Morgan fingerprint density at radius 2 is 1.85 bits per heavy atom. The second-order valence-electron chi connectivity index (χ2n) is 7.98. The van der Waals surface area contributed by atoms with Gasteiger partial charge in [0.05, 0.1) is 0 Å². The molecule has 1 aromatic carbocycles. The van der Waals surface area contributed by atoms with Crippen molar-refractivity contribution in [2.24, 2.45) is 5.92 Å². The monoisotopic (exact) mass is 358 g/mol. The zero-order chi connectivity index (χ0) is 18.2. The van der Waals surface area contributed by atoms with Gasteiger partial charge in [0.25, 0.3) is 0 Å². The van der Waals surface area contributed by atoms with Crippen LogP contribution in [0.3, 0.4) is 0 Å². The minimum absolute atomic E-state index is 0.0121. The van der Waals surface area contributed by atoms with Crippen LogP contribution in [0.5, 0.6) is 0 Å². The van der Waals surface area contributed by atoms with Gasteiger partial charge in [0.1, 0.15) is 0 Å². The normalized spacial score (nSPS) is 22.9. The molecule has 5 nitrogen and oxygen atoms in total. The van der Waals surface area contributed by atoms with Gasteiger partial charge in [0.15, 0.2) is 0 Å². The first-order valence-corrected chi connectivity index (χ1v) is 10.2. The molecule has 2 aliphatic rings. The van der Waals surface area contributed by atoms with E-state index in [4.69, 9.17) is 0 Å². The van der Waals surface area contributed by atoms with Crippen LogP contribution < -0.4 is 10.6 Å². The van der Waals surface area contributed by atoms with Crippen LogP contribution in [-0.2, 0) is 6.54 Å². The molecule has 0 radical (unpaired) electrons. The number of hydrogen-bond acceptors (Lipinski definition) is 3. The molecule has 2 heterocycles. The highest BCUT2D eigenvalue weighted by molar-refractivity contribution is 5.74. The molecule has 0 aliphatic carbocycles. The van der Waals surface area contributed by atoms with E-state index in [0.717, 1.165) is 51.5 Å². The van der Waals surface area contributed by atoms with Crippen molar-refractivity contribution in [3.05, 3.63) is 35.9 Å². The Kier molecular flexibility index (Phi) is 7.32. The number of benzene rings is 1. The zero-order valence-electron chi connectivity index (χ0n) is 16.1. The molecule has 144 valence electrons. The van der Waals surface area contributed by atoms with Gasteiger partial charge in [-0.25, -0.2) is 4.79 Å². The predicted molar refractivity (Wildman–Crippen MR) is 106 cm³/mol. The van der Waals surface area contributed by atoms with Crippen molar-refractivity contribution in [2.45, 2.75) is 45.2 Å². The van der Waals surface area contributed by atoms with Gasteiger partial charge >= 0.3 is 6.03 Å². The SMILES string of the molecule is CC1CCN(CCNC(=O)NC2CCCN(Cc3ccccc3)C2)CC1. The zero-order valence-corrected chi connectivity index (χ0v) is 16.1. The van der Waals surface area contributed by atoms with Gasteiger partial charge in [0, 0.05) is 32.2 Å². The third-order valence-corrected chi connectivity index (χ3v) is 5.68. The number of carbonyl (C=O) groups excluding carboxylic acids is 1. The number of carbonyl (C=O) groups is 1. The van der Waals surface area contributed by atoms with E-state index in [1.54, 1.807) is 0 Å². The molecule has 0 spiro atoms. The molecule has 0 aromatic heterocycles. The maximum absolute atomic E-state index is 12.2. The molecule has 1 unspecified atom stereocenters. The molecule has 26 heavy (non-hydrogen) atoms. The van der Waals surface area contributed by atoms with Gasteiger partial charge in [-0.15, -0.1) is 0 Å². The van der Waals surface area contributed by atoms with Crippen LogP contribution in [0.1, 0.15) is 38.2 Å². The highest BCUT2D eigenvalue weighted by Gasteiger charge is 2.21. The molecule has 0 bridgehead atoms. The maximum Gasteiger partial charge on any atom is 0.315 e. The van der Waals surface area contributed by atoms with Crippen LogP contribution in [0.15, 0.2) is 30.3 Å². The van der Waals surface area contributed by atoms with Crippen LogP contribution in [0, 0.1) is 5.92 Å². The lowest BCUT2D eigenvalue weighted by Gasteiger charge is -2.33. The number of hydrogen-bond donors (Lipinski definition) is 2. The quantitative estimate of drug-likeness (QED) is 0.822. The summed E-state index contributed by atoms with van der Waals surface area (Å²) in [6, 6.07) is 10.8. The summed E-state index contributed by atoms with van der Waals surface area (Å²) in [6.45, 7) is 9.38. The summed E-state index contributed by atoms with van der Waals surface area (Å²) in [4.78, 5) is 17.1. The Hall–Kier alpha value is -1.59. The van der Waals surface area contributed by atoms with Crippen molar-refractivity contribution in [1.29, 1.82) is 0 Å². The molecule has 2 saturated heterocycles. The second-order valence-corrected chi connectivity index (χ2v) is 7.98. The molecule has 1 atom stereocenters. The van der Waals surface area contributed by atoms with Crippen LogP contribution in [0.2, 0.25) is 0 Å². The van der Waals surface area contributed by atoms with Gasteiger partial charge in [-0.1, -0.05) is 37.3 Å². The van der Waals surface area contributed by atoms with Crippen molar-refractivity contribution < 1.29 is 4.79 Å². The average Bonchev–Trinajstić information content (AvgIpc) is 2.64. The van der Waals surface area contributed by atoms with Crippen molar-refractivity contribution in [3.63, 3.8) is 0 Å². The number of nitrogens with zero attached hydrogens (tertiary/aromatic N) is 2. The fourth-order valence-corrected chi connectivity index (χ4v) is 4.01. The van der Waals surface area contributed by atoms with Crippen LogP contribution >= 0.6 is 0 Å². The highest BCUT2D eigenvalue weighted by atomic mass is 16.2. The number of amides is 2. The lowest BCUT2D eigenvalue weighted by atomic mass is 9.99. The minimum atomic E-state index is -0.0121. The number of rotatable bonds is 6. The van der Waals surface area contributed by atoms with Gasteiger partial charge in [0.2, 0.25) is 0 Å². The van der Waals surface area contributed by atoms with E-state index in [1.807, 2.05) is 0 Å². The van der Waals surface area contributed by atoms with E-state index in [2.05, 4.69) is 57.7 Å². The molecule has 2 amide bonds. The lowest BCUT2D eigenvalue weighted by Crippen LogP contribution is -2.51. The summed E-state index contributed by atoms with van der Waals surface area (Å²) in [7, 11) is 0. The van der Waals surface area contributed by atoms with Crippen molar-refractivity contribution in [3.8, 4) is 0 Å². The Labute approximate surface area is 158 Å². The predicted octanol–water partition coefficient (Wildman–Crippen LogP) is 2.68. The maximum atomic E-state index is 12.2. The third kappa shape index (κ3) is 6.29. The summed E-state index contributed by atoms with van der Waals surface area (Å²) in [5.41, 5.74) is 1.34. The Balaban J connectivity index is 1.33. The van der Waals surface area contributed by atoms with Gasteiger partial charge in [-0.05, 0) is 56.8 Å². The lowest BCUT2D eigenvalue weighted by molar-refractivity contribution is 0.176. The number of urea groups is 1. The van der Waals surface area contributed by atoms with Crippen molar-refractivity contribution in [1.82, 2.24) is 20.4 Å². The first kappa shape index (κ1) is 19.2. The summed E-state index contributed by atoms with van der Waals surface area (Å²) in [5, 5.41) is 6.21. The van der Waals surface area contributed by atoms with Gasteiger partial charge in [-0.3, -0.25) is 4.90 Å². The smallest absolute Gasteiger partial charge is 0.315 e. The van der Waals surface area contributed by atoms with Crippen LogP contribution in [-0.4, -0.2) is 61.1 Å². The molecule has 5 heteroatoms. The Morgan fingerprint density at radius 3 is 2.62 bits per heavy atom. The Morgan fingerprint density at radius 1 is 1.08 bits per heavy atom. The number of likely N-dealkylation sites (tertiary alicyclic amines) is 2. The highest BCUT2D eigenvalue weighted by Crippen LogP contribution is 2.15. The molecule has 2 fully saturated rings. The summed E-state index contributed by atoms with van der Waals surface area (Å²) >= 11 is 0. The van der Waals surface area contributed by atoms with Crippen molar-refractivity contribution >= 4 is 6.03 Å². The van der Waals surface area contributed by atoms with Gasteiger partial charge in [-0.2, -0.15) is 0 Å². The molecule has 2 N–H and O–H groups in total. The molecule has 3 rings (SSSR count). The average molecular weight is 359 g/mol. The van der Waals surface area contributed by atoms with E-state index in [0.29, 0.717) is 0 Å². The molecular weight excluding hydrogens is 324 g/mol. The van der Waals surface area contributed by atoms with E-state index < -0.39 is 0 Å². The largest absolute Gasteiger partial charge is 0.337 e. The minimum Gasteiger partial charge on any atom is -0.337 e. The second kappa shape index (κ2) is 9.93. The molecule has 2 aliphatic heterocycles.